The van der Waals surface area contributed by atoms with Gasteiger partial charge in [0.2, 0.25) is 0 Å². The minimum absolute atomic E-state index is 0.335. The van der Waals surface area contributed by atoms with Gasteiger partial charge in [-0.1, -0.05) is 178 Å². The SMILES string of the molecule is CC(C)(C)c1nc(-c2ccccc2)nc(-c2cc(-c3nc(-c4ccccc4)nc(-c4ccccc4-c4ccccc4)n3)cc(-c3nc(C(C)(C)C)nc(C(C)(C)C)n3)c2)n1. The molecule has 3 heterocycles. The van der Waals surface area contributed by atoms with Crippen LogP contribution in [0.15, 0.2) is 133 Å². The van der Waals surface area contributed by atoms with Crippen LogP contribution in [0.2, 0.25) is 0 Å². The highest BCUT2D eigenvalue weighted by Crippen LogP contribution is 2.36. The maximum atomic E-state index is 5.26. The summed E-state index contributed by atoms with van der Waals surface area (Å²) < 4.78 is 0. The van der Waals surface area contributed by atoms with Crippen LogP contribution >= 0.6 is 0 Å². The van der Waals surface area contributed by atoms with Crippen LogP contribution in [0.4, 0.5) is 0 Å². The maximum absolute atomic E-state index is 5.26. The summed E-state index contributed by atoms with van der Waals surface area (Å²) in [5.41, 5.74) is 5.95. The van der Waals surface area contributed by atoms with Crippen molar-refractivity contribution < 1.29 is 0 Å². The van der Waals surface area contributed by atoms with Crippen LogP contribution in [-0.4, -0.2) is 44.9 Å². The molecule has 9 nitrogen and oxygen atoms in total. The van der Waals surface area contributed by atoms with Crippen molar-refractivity contribution in [2.75, 3.05) is 0 Å². The van der Waals surface area contributed by atoms with Gasteiger partial charge in [0.15, 0.2) is 34.9 Å². The molecule has 0 N–H and O–H groups in total. The highest BCUT2D eigenvalue weighted by molar-refractivity contribution is 5.82. The average Bonchev–Trinajstić information content (AvgIpc) is 3.26. The second-order valence-electron chi connectivity index (χ2n) is 18.1. The number of rotatable bonds is 7. The molecule has 0 aliphatic heterocycles. The molecule has 0 radical (unpaired) electrons. The Balaban J connectivity index is 1.43. The number of aromatic nitrogens is 9. The lowest BCUT2D eigenvalue weighted by Crippen LogP contribution is -2.24. The molecule has 0 fully saturated rings. The standard InChI is InChI=1S/C51H49N9/c1-49(2,3)46-56-41(34-25-17-12-18-26-34)53-43(57-46)36-29-35(30-37(31-36)44-58-47(50(4,5)6)60-48(59-44)51(7,8)9)42-52-40(33-23-15-11-16-24-33)54-45(55-42)39-28-20-19-27-38(39)32-21-13-10-14-22-32/h10-31H,1-9H3. The summed E-state index contributed by atoms with van der Waals surface area (Å²) in [6.07, 6.45) is 0. The third-order valence-corrected chi connectivity index (χ3v) is 9.94. The summed E-state index contributed by atoms with van der Waals surface area (Å²) in [5.74, 6) is 5.33. The molecule has 0 unspecified atom stereocenters. The molecule has 0 saturated carbocycles. The number of benzene rings is 5. The smallest absolute Gasteiger partial charge is 0.164 e. The Labute approximate surface area is 352 Å². The van der Waals surface area contributed by atoms with Gasteiger partial charge in [-0.2, -0.15) is 0 Å². The van der Waals surface area contributed by atoms with Crippen molar-refractivity contribution in [2.45, 2.75) is 78.6 Å². The van der Waals surface area contributed by atoms with Crippen molar-refractivity contribution in [3.8, 4) is 79.5 Å². The lowest BCUT2D eigenvalue weighted by molar-refractivity contribution is 0.497. The minimum atomic E-state index is -0.362. The normalized spacial score (nSPS) is 12.1. The van der Waals surface area contributed by atoms with E-state index in [1.165, 1.54) is 0 Å². The van der Waals surface area contributed by atoms with E-state index in [0.717, 1.165) is 44.5 Å². The zero-order valence-electron chi connectivity index (χ0n) is 35.7. The van der Waals surface area contributed by atoms with Crippen LogP contribution in [0, 0.1) is 0 Å². The zero-order valence-corrected chi connectivity index (χ0v) is 35.7. The predicted molar refractivity (Wildman–Crippen MR) is 241 cm³/mol. The Morgan fingerprint density at radius 1 is 0.250 bits per heavy atom. The molecule has 0 bridgehead atoms. The third-order valence-electron chi connectivity index (χ3n) is 9.94. The Hall–Kier alpha value is -6.87. The van der Waals surface area contributed by atoms with Crippen molar-refractivity contribution in [1.29, 1.82) is 0 Å². The second-order valence-corrected chi connectivity index (χ2v) is 18.1. The van der Waals surface area contributed by atoms with E-state index >= 15 is 0 Å². The van der Waals surface area contributed by atoms with E-state index in [2.05, 4.69) is 98.7 Å². The maximum Gasteiger partial charge on any atom is 0.164 e. The molecule has 0 spiro atoms. The Kier molecular flexibility index (Phi) is 10.5. The fourth-order valence-electron chi connectivity index (χ4n) is 6.64. The van der Waals surface area contributed by atoms with Crippen LogP contribution in [0.1, 0.15) is 79.8 Å². The molecule has 60 heavy (non-hydrogen) atoms. The molecule has 0 saturated heterocycles. The van der Waals surface area contributed by atoms with Gasteiger partial charge in [-0.15, -0.1) is 0 Å². The first kappa shape index (κ1) is 39.9. The van der Waals surface area contributed by atoms with Crippen molar-refractivity contribution in [3.63, 3.8) is 0 Å². The second kappa shape index (κ2) is 15.7. The lowest BCUT2D eigenvalue weighted by atomic mass is 9.92. The summed E-state index contributed by atoms with van der Waals surface area (Å²) in [6.45, 7) is 19.1. The van der Waals surface area contributed by atoms with E-state index in [1.807, 2.05) is 97.1 Å². The fourth-order valence-corrected chi connectivity index (χ4v) is 6.64. The summed E-state index contributed by atoms with van der Waals surface area (Å²) in [7, 11) is 0. The number of nitrogens with zero attached hydrogens (tertiary/aromatic N) is 9. The van der Waals surface area contributed by atoms with Crippen molar-refractivity contribution in [3.05, 3.63) is 151 Å². The van der Waals surface area contributed by atoms with E-state index in [-0.39, 0.29) is 16.2 Å². The quantitative estimate of drug-likeness (QED) is 0.156. The van der Waals surface area contributed by atoms with Crippen LogP contribution in [0.5, 0.6) is 0 Å². The van der Waals surface area contributed by atoms with E-state index in [4.69, 9.17) is 44.9 Å². The first-order valence-electron chi connectivity index (χ1n) is 20.3. The van der Waals surface area contributed by atoms with Crippen molar-refractivity contribution >= 4 is 0 Å². The molecular formula is C51H49N9. The summed E-state index contributed by atoms with van der Waals surface area (Å²) >= 11 is 0. The molecule has 3 aromatic heterocycles. The van der Waals surface area contributed by atoms with E-state index < -0.39 is 0 Å². The van der Waals surface area contributed by atoms with Gasteiger partial charge >= 0.3 is 0 Å². The zero-order chi connectivity index (χ0) is 42.2. The molecule has 8 rings (SSSR count). The van der Waals surface area contributed by atoms with Gasteiger partial charge in [0, 0.05) is 49.6 Å². The van der Waals surface area contributed by atoms with Crippen LogP contribution in [0.25, 0.3) is 79.5 Å². The molecule has 0 atom stereocenters. The highest BCUT2D eigenvalue weighted by Gasteiger charge is 2.27. The Morgan fingerprint density at radius 3 is 0.950 bits per heavy atom. The molecule has 298 valence electrons. The summed E-state index contributed by atoms with van der Waals surface area (Å²) in [6, 6.07) is 44.7. The van der Waals surface area contributed by atoms with Crippen LogP contribution < -0.4 is 0 Å². The van der Waals surface area contributed by atoms with Gasteiger partial charge < -0.3 is 0 Å². The monoisotopic (exact) mass is 787 g/mol. The number of hydrogen-bond acceptors (Lipinski definition) is 9. The molecule has 0 aliphatic rings. The van der Waals surface area contributed by atoms with E-state index in [0.29, 0.717) is 52.4 Å². The molecule has 5 aromatic carbocycles. The van der Waals surface area contributed by atoms with Gasteiger partial charge in [0.25, 0.3) is 0 Å². The average molecular weight is 788 g/mol. The number of hydrogen-bond donors (Lipinski definition) is 0. The van der Waals surface area contributed by atoms with Crippen LogP contribution in [-0.2, 0) is 16.2 Å². The fraction of sp³-hybridized carbons (Fsp3) is 0.235. The molecular weight excluding hydrogens is 739 g/mol. The molecule has 0 amide bonds. The van der Waals surface area contributed by atoms with E-state index in [9.17, 15) is 0 Å². The van der Waals surface area contributed by atoms with Gasteiger partial charge in [-0.05, 0) is 29.3 Å². The third kappa shape index (κ3) is 8.61. The predicted octanol–water partition coefficient (Wildman–Crippen LogP) is 11.8. The summed E-state index contributed by atoms with van der Waals surface area (Å²) in [5, 5.41) is 0. The topological polar surface area (TPSA) is 116 Å². The van der Waals surface area contributed by atoms with Gasteiger partial charge in [0.05, 0.1) is 0 Å². The van der Waals surface area contributed by atoms with Gasteiger partial charge in [-0.25, -0.2) is 44.9 Å². The molecule has 0 aliphatic carbocycles. The van der Waals surface area contributed by atoms with Crippen molar-refractivity contribution in [1.82, 2.24) is 44.9 Å². The van der Waals surface area contributed by atoms with Crippen LogP contribution in [0.3, 0.4) is 0 Å². The Morgan fingerprint density at radius 2 is 0.533 bits per heavy atom. The molecule has 9 heteroatoms. The minimum Gasteiger partial charge on any atom is -0.217 e. The van der Waals surface area contributed by atoms with E-state index in [1.54, 1.807) is 0 Å². The first-order valence-corrected chi connectivity index (χ1v) is 20.3. The lowest BCUT2D eigenvalue weighted by Gasteiger charge is -2.23. The Bertz CT molecular complexity index is 2770. The largest absolute Gasteiger partial charge is 0.217 e. The van der Waals surface area contributed by atoms with Gasteiger partial charge in [0.1, 0.15) is 17.5 Å². The van der Waals surface area contributed by atoms with Crippen molar-refractivity contribution in [2.24, 2.45) is 0 Å². The highest BCUT2D eigenvalue weighted by atomic mass is 15.1. The summed E-state index contributed by atoms with van der Waals surface area (Å²) in [4.78, 5) is 46.0. The molecule has 8 aromatic rings. The van der Waals surface area contributed by atoms with Gasteiger partial charge in [-0.3, -0.25) is 0 Å². The first-order chi connectivity index (χ1) is 28.6.